The fourth-order valence-electron chi connectivity index (χ4n) is 5.27. The van der Waals surface area contributed by atoms with Crippen LogP contribution in [0.2, 0.25) is 0 Å². The van der Waals surface area contributed by atoms with Gasteiger partial charge in [-0.2, -0.15) is 5.26 Å². The van der Waals surface area contributed by atoms with Crippen molar-refractivity contribution in [3.05, 3.63) is 47.0 Å². The van der Waals surface area contributed by atoms with Crippen LogP contribution in [-0.2, 0) is 12.5 Å². The van der Waals surface area contributed by atoms with Crippen molar-refractivity contribution in [2.24, 2.45) is 13.0 Å². The summed E-state index contributed by atoms with van der Waals surface area (Å²) in [5, 5.41) is 22.2. The topological polar surface area (TPSA) is 100 Å². The summed E-state index contributed by atoms with van der Waals surface area (Å²) in [6, 6.07) is 6.96. The number of carbonyl (C=O) groups is 1. The lowest BCUT2D eigenvalue weighted by molar-refractivity contribution is 0.0919. The molecule has 0 bridgehead atoms. The van der Waals surface area contributed by atoms with Crippen molar-refractivity contribution < 1.29 is 14.6 Å². The average molecular weight is 495 g/mol. The normalized spacial score (nSPS) is 19.1. The van der Waals surface area contributed by atoms with E-state index >= 15 is 0 Å². The molecule has 1 aliphatic rings. The summed E-state index contributed by atoms with van der Waals surface area (Å²) in [5.74, 6) is 2.35. The highest BCUT2D eigenvalue weighted by molar-refractivity contribution is 5.95. The smallest absolute Gasteiger partial charge is 0.251 e. The van der Waals surface area contributed by atoms with Gasteiger partial charge in [-0.1, -0.05) is 20.8 Å². The zero-order valence-corrected chi connectivity index (χ0v) is 22.7. The van der Waals surface area contributed by atoms with Crippen LogP contribution in [0.4, 0.5) is 0 Å². The summed E-state index contributed by atoms with van der Waals surface area (Å²) >= 11 is 0. The lowest BCUT2D eigenvalue weighted by Crippen LogP contribution is -2.37. The molecule has 7 heteroatoms. The van der Waals surface area contributed by atoms with Crippen LogP contribution in [0.1, 0.15) is 107 Å². The van der Waals surface area contributed by atoms with Crippen molar-refractivity contribution in [2.75, 3.05) is 6.61 Å². The second-order valence-electron chi connectivity index (χ2n) is 11.5. The van der Waals surface area contributed by atoms with Gasteiger partial charge >= 0.3 is 0 Å². The van der Waals surface area contributed by atoms with Crippen LogP contribution < -0.4 is 10.1 Å². The molecule has 1 unspecified atom stereocenters. The number of nitrogens with zero attached hydrogens (tertiary/aromatic N) is 3. The Hall–Kier alpha value is -2.85. The van der Waals surface area contributed by atoms with Gasteiger partial charge in [0.2, 0.25) is 0 Å². The third-order valence-corrected chi connectivity index (χ3v) is 6.99. The number of aromatic nitrogens is 2. The molecule has 0 saturated heterocycles. The Kier molecular flexibility index (Phi) is 9.19. The number of hydrogen-bond acceptors (Lipinski definition) is 5. The van der Waals surface area contributed by atoms with E-state index in [-0.39, 0.29) is 30.1 Å². The molecule has 36 heavy (non-hydrogen) atoms. The van der Waals surface area contributed by atoms with Crippen LogP contribution in [-0.4, -0.2) is 39.3 Å². The zero-order chi connectivity index (χ0) is 26.5. The number of carbonyl (C=O) groups excluding carboxylic acids is 1. The molecule has 1 aromatic carbocycles. The van der Waals surface area contributed by atoms with Gasteiger partial charge in [-0.25, -0.2) is 4.98 Å². The molecule has 1 saturated carbocycles. The molecule has 0 radical (unpaired) electrons. The monoisotopic (exact) mass is 494 g/mol. The maximum atomic E-state index is 13.0. The standard InChI is InChI=1S/C29H42N4O3/c1-19(2)36-26-12-11-22(16-23(26)17-30)27(35)31-24(13-14-34)15-20-7-9-21(10-8-20)25-18-33(6)28(32-25)29(3,4)5/h11-12,16,18-21,24,34H,7-10,13-15H2,1-6H3,(H,31,35). The molecule has 1 atom stereocenters. The summed E-state index contributed by atoms with van der Waals surface area (Å²) < 4.78 is 7.82. The van der Waals surface area contributed by atoms with E-state index in [2.05, 4.69) is 50.0 Å². The minimum Gasteiger partial charge on any atom is -0.490 e. The van der Waals surface area contributed by atoms with E-state index in [0.29, 0.717) is 35.1 Å². The molecule has 7 nitrogen and oxygen atoms in total. The fraction of sp³-hybridized carbons (Fsp3) is 0.621. The van der Waals surface area contributed by atoms with Crippen LogP contribution in [0, 0.1) is 17.2 Å². The number of aliphatic hydroxyl groups is 1. The summed E-state index contributed by atoms with van der Waals surface area (Å²) in [6.45, 7) is 10.4. The summed E-state index contributed by atoms with van der Waals surface area (Å²) in [5.41, 5.74) is 1.99. The van der Waals surface area contributed by atoms with Crippen LogP contribution >= 0.6 is 0 Å². The Balaban J connectivity index is 1.59. The minimum absolute atomic E-state index is 0.0222. The number of aliphatic hydroxyl groups excluding tert-OH is 1. The highest BCUT2D eigenvalue weighted by Gasteiger charge is 2.29. The maximum Gasteiger partial charge on any atom is 0.251 e. The summed E-state index contributed by atoms with van der Waals surface area (Å²) in [7, 11) is 2.08. The maximum absolute atomic E-state index is 13.0. The largest absolute Gasteiger partial charge is 0.490 e. The van der Waals surface area contributed by atoms with E-state index in [1.165, 1.54) is 5.69 Å². The summed E-state index contributed by atoms with van der Waals surface area (Å²) in [6.07, 6.45) is 7.84. The van der Waals surface area contributed by atoms with Crippen LogP contribution in [0.5, 0.6) is 5.75 Å². The molecule has 0 spiro atoms. The number of imidazole rings is 1. The molecule has 1 aliphatic carbocycles. The zero-order valence-electron chi connectivity index (χ0n) is 22.7. The van der Waals surface area contributed by atoms with E-state index in [4.69, 9.17) is 9.72 Å². The molecular formula is C29H42N4O3. The second kappa shape index (κ2) is 11.9. The van der Waals surface area contributed by atoms with E-state index in [1.54, 1.807) is 18.2 Å². The molecule has 196 valence electrons. The molecule has 2 aromatic rings. The van der Waals surface area contributed by atoms with Crippen molar-refractivity contribution in [1.82, 2.24) is 14.9 Å². The van der Waals surface area contributed by atoms with E-state index in [9.17, 15) is 15.2 Å². The van der Waals surface area contributed by atoms with Gasteiger partial charge in [0.05, 0.1) is 17.4 Å². The van der Waals surface area contributed by atoms with E-state index in [0.717, 1.165) is 37.9 Å². The van der Waals surface area contributed by atoms with Gasteiger partial charge in [0.15, 0.2) is 0 Å². The van der Waals surface area contributed by atoms with E-state index < -0.39 is 0 Å². The predicted molar refractivity (Wildman–Crippen MR) is 141 cm³/mol. The van der Waals surface area contributed by atoms with Crippen LogP contribution in [0.25, 0.3) is 0 Å². The Bertz CT molecular complexity index is 1070. The number of aryl methyl sites for hydroxylation is 1. The number of benzene rings is 1. The number of rotatable bonds is 9. The first-order valence-electron chi connectivity index (χ1n) is 13.2. The van der Waals surface area contributed by atoms with Crippen molar-refractivity contribution >= 4 is 5.91 Å². The number of nitriles is 1. The van der Waals surface area contributed by atoms with E-state index in [1.807, 2.05) is 13.8 Å². The van der Waals surface area contributed by atoms with Gasteiger partial charge in [-0.15, -0.1) is 0 Å². The average Bonchev–Trinajstić information content (AvgIpc) is 3.21. The molecule has 1 fully saturated rings. The van der Waals surface area contributed by atoms with Gasteiger partial charge in [-0.05, 0) is 76.5 Å². The quantitative estimate of drug-likeness (QED) is 0.498. The predicted octanol–water partition coefficient (Wildman–Crippen LogP) is 5.22. The van der Waals surface area contributed by atoms with Gasteiger partial charge in [0.25, 0.3) is 5.91 Å². The summed E-state index contributed by atoms with van der Waals surface area (Å²) in [4.78, 5) is 17.9. The third-order valence-electron chi connectivity index (χ3n) is 6.99. The first-order valence-corrected chi connectivity index (χ1v) is 13.2. The van der Waals surface area contributed by atoms with Gasteiger partial charge in [0, 0.05) is 42.8 Å². The Morgan fingerprint density at radius 3 is 2.53 bits per heavy atom. The number of hydrogen-bond donors (Lipinski definition) is 2. The Morgan fingerprint density at radius 1 is 1.28 bits per heavy atom. The first-order chi connectivity index (χ1) is 17.0. The number of ether oxygens (including phenoxy) is 1. The molecule has 1 heterocycles. The molecule has 2 N–H and O–H groups in total. The highest BCUT2D eigenvalue weighted by Crippen LogP contribution is 2.38. The molecule has 0 aliphatic heterocycles. The SMILES string of the molecule is CC(C)Oc1ccc(C(=O)NC(CCO)CC2CCC(c3cn(C)c(C(C)(C)C)n3)CC2)cc1C#N. The lowest BCUT2D eigenvalue weighted by Gasteiger charge is -2.30. The van der Waals surface area contributed by atoms with Gasteiger partial charge in [0.1, 0.15) is 17.6 Å². The fourth-order valence-corrected chi connectivity index (χ4v) is 5.27. The van der Waals surface area contributed by atoms with Crippen molar-refractivity contribution in [3.63, 3.8) is 0 Å². The molecular weight excluding hydrogens is 452 g/mol. The van der Waals surface area contributed by atoms with Gasteiger partial charge in [-0.3, -0.25) is 4.79 Å². The number of amides is 1. The molecule has 1 aromatic heterocycles. The minimum atomic E-state index is -0.224. The Labute approximate surface area is 215 Å². The molecule has 1 amide bonds. The van der Waals surface area contributed by atoms with Crippen LogP contribution in [0.3, 0.4) is 0 Å². The van der Waals surface area contributed by atoms with Crippen molar-refractivity contribution in [3.8, 4) is 11.8 Å². The first kappa shape index (κ1) is 27.7. The number of nitrogens with one attached hydrogen (secondary N) is 1. The van der Waals surface area contributed by atoms with Crippen molar-refractivity contribution in [1.29, 1.82) is 5.26 Å². The lowest BCUT2D eigenvalue weighted by atomic mass is 9.78. The second-order valence-corrected chi connectivity index (χ2v) is 11.5. The third kappa shape index (κ3) is 7.10. The highest BCUT2D eigenvalue weighted by atomic mass is 16.5. The Morgan fingerprint density at radius 2 is 1.97 bits per heavy atom. The van der Waals surface area contributed by atoms with Crippen LogP contribution in [0.15, 0.2) is 24.4 Å². The molecule has 3 rings (SSSR count). The van der Waals surface area contributed by atoms with Crippen molar-refractivity contribution in [2.45, 2.75) is 96.6 Å². The van der Waals surface area contributed by atoms with Gasteiger partial charge < -0.3 is 19.7 Å².